The summed E-state index contributed by atoms with van der Waals surface area (Å²) in [6, 6.07) is 2.37. The molecule has 7 heteroatoms. The van der Waals surface area contributed by atoms with Crippen LogP contribution in [0.4, 0.5) is 10.6 Å². The van der Waals surface area contributed by atoms with E-state index < -0.39 is 0 Å². The number of aromatic nitrogens is 2. The fourth-order valence-corrected chi connectivity index (χ4v) is 3.19. The van der Waals surface area contributed by atoms with Crippen LogP contribution in [0.15, 0.2) is 12.4 Å². The van der Waals surface area contributed by atoms with E-state index >= 15 is 0 Å². The smallest absolute Gasteiger partial charge is 0.317 e. The molecule has 0 aromatic carbocycles. The zero-order chi connectivity index (χ0) is 16.1. The molecule has 1 N–H and O–H groups in total. The van der Waals surface area contributed by atoms with E-state index in [0.717, 1.165) is 31.7 Å². The quantitative estimate of drug-likeness (QED) is 0.894. The normalized spacial score (nSPS) is 19.3. The van der Waals surface area contributed by atoms with Crippen molar-refractivity contribution in [1.29, 1.82) is 5.26 Å². The van der Waals surface area contributed by atoms with Gasteiger partial charge in [0.25, 0.3) is 0 Å². The van der Waals surface area contributed by atoms with E-state index in [1.54, 1.807) is 6.20 Å². The number of anilines is 1. The lowest BCUT2D eigenvalue weighted by atomic mass is 9.96. The molecule has 7 nitrogen and oxygen atoms in total. The molecule has 122 valence electrons. The Labute approximate surface area is 136 Å². The van der Waals surface area contributed by atoms with Crippen LogP contribution in [0.25, 0.3) is 0 Å². The van der Waals surface area contributed by atoms with Crippen molar-refractivity contribution in [1.82, 2.24) is 20.2 Å². The summed E-state index contributed by atoms with van der Waals surface area (Å²) >= 11 is 0. The van der Waals surface area contributed by atoms with Gasteiger partial charge in [0, 0.05) is 32.2 Å². The minimum atomic E-state index is 0.0578. The van der Waals surface area contributed by atoms with Gasteiger partial charge in [-0.15, -0.1) is 0 Å². The molecular formula is C16H22N6O. The van der Waals surface area contributed by atoms with Crippen LogP contribution in [0, 0.1) is 11.3 Å². The number of nitrogens with zero attached hydrogens (tertiary/aromatic N) is 5. The van der Waals surface area contributed by atoms with Crippen LogP contribution in [-0.2, 0) is 0 Å². The molecule has 0 unspecified atom stereocenters. The molecule has 23 heavy (non-hydrogen) atoms. The van der Waals surface area contributed by atoms with Gasteiger partial charge in [-0.25, -0.2) is 14.8 Å². The Morgan fingerprint density at radius 1 is 1.13 bits per heavy atom. The fourth-order valence-electron chi connectivity index (χ4n) is 3.19. The predicted molar refractivity (Wildman–Crippen MR) is 85.9 cm³/mol. The third kappa shape index (κ3) is 3.89. The molecule has 1 aromatic heterocycles. The lowest BCUT2D eigenvalue weighted by molar-refractivity contribution is 0.186. The zero-order valence-electron chi connectivity index (χ0n) is 13.2. The van der Waals surface area contributed by atoms with Crippen LogP contribution in [0.5, 0.6) is 0 Å². The SMILES string of the molecule is N#Cc1cnc(N2CCN(C(=O)NC3CCCCC3)CC2)cn1. The highest BCUT2D eigenvalue weighted by atomic mass is 16.2. The van der Waals surface area contributed by atoms with Gasteiger partial charge >= 0.3 is 6.03 Å². The highest BCUT2D eigenvalue weighted by Crippen LogP contribution is 2.18. The van der Waals surface area contributed by atoms with Gasteiger partial charge in [-0.1, -0.05) is 19.3 Å². The van der Waals surface area contributed by atoms with Crippen molar-refractivity contribution in [3.63, 3.8) is 0 Å². The minimum absolute atomic E-state index is 0.0578. The van der Waals surface area contributed by atoms with E-state index in [-0.39, 0.29) is 6.03 Å². The summed E-state index contributed by atoms with van der Waals surface area (Å²) in [4.78, 5) is 24.6. The van der Waals surface area contributed by atoms with Gasteiger partial charge in [0.1, 0.15) is 11.9 Å². The number of carbonyl (C=O) groups is 1. The van der Waals surface area contributed by atoms with Crippen LogP contribution in [0.1, 0.15) is 37.8 Å². The highest BCUT2D eigenvalue weighted by Gasteiger charge is 2.24. The molecule has 2 fully saturated rings. The molecule has 0 spiro atoms. The predicted octanol–water partition coefficient (Wildman–Crippen LogP) is 1.51. The number of nitriles is 1. The molecule has 0 atom stereocenters. The number of nitrogens with one attached hydrogen (secondary N) is 1. The second-order valence-electron chi connectivity index (χ2n) is 6.13. The first kappa shape index (κ1) is 15.5. The molecule has 3 rings (SSSR count). The van der Waals surface area contributed by atoms with Crippen molar-refractivity contribution in [2.75, 3.05) is 31.1 Å². The number of hydrogen-bond acceptors (Lipinski definition) is 5. The van der Waals surface area contributed by atoms with Crippen molar-refractivity contribution in [2.24, 2.45) is 0 Å². The van der Waals surface area contributed by atoms with Gasteiger partial charge in [0.15, 0.2) is 5.69 Å². The largest absolute Gasteiger partial charge is 0.352 e. The van der Waals surface area contributed by atoms with Gasteiger partial charge in [-0.2, -0.15) is 5.26 Å². The third-order valence-electron chi connectivity index (χ3n) is 4.58. The van der Waals surface area contributed by atoms with Crippen molar-refractivity contribution < 1.29 is 4.79 Å². The summed E-state index contributed by atoms with van der Waals surface area (Å²) in [6.45, 7) is 2.83. The van der Waals surface area contributed by atoms with Crippen molar-refractivity contribution in [3.05, 3.63) is 18.1 Å². The van der Waals surface area contributed by atoms with Gasteiger partial charge in [0.05, 0.1) is 12.4 Å². The Balaban J connectivity index is 1.49. The number of carbonyl (C=O) groups excluding carboxylic acids is 1. The maximum Gasteiger partial charge on any atom is 0.317 e. The Morgan fingerprint density at radius 2 is 1.87 bits per heavy atom. The Bertz CT molecular complexity index is 567. The van der Waals surface area contributed by atoms with Crippen molar-refractivity contribution >= 4 is 11.8 Å². The Morgan fingerprint density at radius 3 is 2.48 bits per heavy atom. The molecule has 2 amide bonds. The standard InChI is InChI=1S/C16H22N6O/c17-10-14-11-19-15(12-18-14)21-6-8-22(9-7-21)16(23)20-13-4-2-1-3-5-13/h11-13H,1-9H2,(H,20,23). The molecule has 0 radical (unpaired) electrons. The lowest BCUT2D eigenvalue weighted by Gasteiger charge is -2.36. The second-order valence-corrected chi connectivity index (χ2v) is 6.13. The molecule has 1 saturated heterocycles. The van der Waals surface area contributed by atoms with E-state index in [4.69, 9.17) is 5.26 Å². The molecule has 2 heterocycles. The van der Waals surface area contributed by atoms with Crippen LogP contribution in [0.3, 0.4) is 0 Å². The molecule has 0 bridgehead atoms. The molecular weight excluding hydrogens is 292 g/mol. The van der Waals surface area contributed by atoms with E-state index in [1.165, 1.54) is 25.5 Å². The Kier molecular flexibility index (Phi) is 4.91. The number of urea groups is 1. The summed E-state index contributed by atoms with van der Waals surface area (Å²) < 4.78 is 0. The van der Waals surface area contributed by atoms with Crippen molar-refractivity contribution in [2.45, 2.75) is 38.1 Å². The summed E-state index contributed by atoms with van der Waals surface area (Å²) in [5, 5.41) is 11.9. The number of piperazine rings is 1. The van der Waals surface area contributed by atoms with E-state index in [1.807, 2.05) is 11.0 Å². The maximum absolute atomic E-state index is 12.3. The first-order valence-corrected chi connectivity index (χ1v) is 8.29. The van der Waals surface area contributed by atoms with Gasteiger partial charge in [-0.05, 0) is 12.8 Å². The van der Waals surface area contributed by atoms with E-state index in [0.29, 0.717) is 24.8 Å². The summed E-state index contributed by atoms with van der Waals surface area (Å²) in [7, 11) is 0. The van der Waals surface area contributed by atoms with Gasteiger partial charge in [-0.3, -0.25) is 0 Å². The number of rotatable bonds is 2. The first-order chi connectivity index (χ1) is 11.3. The first-order valence-electron chi connectivity index (χ1n) is 8.29. The van der Waals surface area contributed by atoms with Crippen LogP contribution >= 0.6 is 0 Å². The monoisotopic (exact) mass is 314 g/mol. The van der Waals surface area contributed by atoms with Crippen LogP contribution in [0.2, 0.25) is 0 Å². The lowest BCUT2D eigenvalue weighted by Crippen LogP contribution is -2.53. The van der Waals surface area contributed by atoms with Crippen molar-refractivity contribution in [3.8, 4) is 6.07 Å². The third-order valence-corrected chi connectivity index (χ3v) is 4.58. The molecule has 1 aliphatic heterocycles. The van der Waals surface area contributed by atoms with E-state index in [2.05, 4.69) is 20.2 Å². The topological polar surface area (TPSA) is 85.2 Å². The highest BCUT2D eigenvalue weighted by molar-refractivity contribution is 5.74. The molecule has 1 aliphatic carbocycles. The summed E-state index contributed by atoms with van der Waals surface area (Å²) in [6.07, 6.45) is 9.04. The zero-order valence-corrected chi connectivity index (χ0v) is 13.2. The van der Waals surface area contributed by atoms with Gasteiger partial charge < -0.3 is 15.1 Å². The number of hydrogen-bond donors (Lipinski definition) is 1. The second kappa shape index (κ2) is 7.27. The fraction of sp³-hybridized carbons (Fsp3) is 0.625. The maximum atomic E-state index is 12.3. The molecule has 1 aromatic rings. The number of amides is 2. The summed E-state index contributed by atoms with van der Waals surface area (Å²) in [5.41, 5.74) is 0.319. The molecule has 1 saturated carbocycles. The summed E-state index contributed by atoms with van der Waals surface area (Å²) in [5.74, 6) is 0.760. The molecule has 2 aliphatic rings. The van der Waals surface area contributed by atoms with Gasteiger partial charge in [0.2, 0.25) is 0 Å². The van der Waals surface area contributed by atoms with Crippen LogP contribution < -0.4 is 10.2 Å². The van der Waals surface area contributed by atoms with Crippen LogP contribution in [-0.4, -0.2) is 53.1 Å². The van der Waals surface area contributed by atoms with E-state index in [9.17, 15) is 4.79 Å². The minimum Gasteiger partial charge on any atom is -0.352 e. The Hall–Kier alpha value is -2.36. The average molecular weight is 314 g/mol. The average Bonchev–Trinajstić information content (AvgIpc) is 2.63.